The number of rotatable bonds is 10. The van der Waals surface area contributed by atoms with Gasteiger partial charge in [0.15, 0.2) is 0 Å². The largest absolute Gasteiger partial charge is 0.494 e. The van der Waals surface area contributed by atoms with Crippen molar-refractivity contribution in [3.63, 3.8) is 0 Å². The number of hydrogen-bond donors (Lipinski definition) is 1. The Balaban J connectivity index is 1.62. The number of hydrogen-bond acceptors (Lipinski definition) is 4. The first-order chi connectivity index (χ1) is 15.9. The van der Waals surface area contributed by atoms with Gasteiger partial charge in [0.1, 0.15) is 11.5 Å². The third-order valence-corrected chi connectivity index (χ3v) is 5.85. The van der Waals surface area contributed by atoms with Crippen LogP contribution in [0.25, 0.3) is 0 Å². The van der Waals surface area contributed by atoms with Gasteiger partial charge in [-0.1, -0.05) is 45.0 Å². The highest BCUT2D eigenvalue weighted by molar-refractivity contribution is 5.73. The number of benzene rings is 2. The molecule has 3 rings (SSSR count). The van der Waals surface area contributed by atoms with Crippen LogP contribution < -0.4 is 14.8 Å². The predicted octanol–water partition coefficient (Wildman–Crippen LogP) is 5.48. The van der Waals surface area contributed by atoms with Gasteiger partial charge in [-0.05, 0) is 67.0 Å². The Kier molecular flexibility index (Phi) is 9.43. The molecule has 1 heterocycles. The topological polar surface area (TPSA) is 54.0 Å². The number of ether oxygens (including phenoxy) is 2. The van der Waals surface area contributed by atoms with Gasteiger partial charge in [-0.3, -0.25) is 5.01 Å². The van der Waals surface area contributed by atoms with E-state index in [9.17, 15) is 4.79 Å². The minimum absolute atomic E-state index is 0.0708. The number of piperidine rings is 1. The molecule has 6 nitrogen and oxygen atoms in total. The fraction of sp³-hybridized carbons (Fsp3) is 0.519. The van der Waals surface area contributed by atoms with Crippen LogP contribution in [0.15, 0.2) is 48.5 Å². The number of amides is 2. The molecule has 0 bridgehead atoms. The fourth-order valence-corrected chi connectivity index (χ4v) is 3.80. The quantitative estimate of drug-likeness (QED) is 0.518. The van der Waals surface area contributed by atoms with Gasteiger partial charge in [0.25, 0.3) is 0 Å². The molecule has 1 aliphatic rings. The maximum atomic E-state index is 13.2. The van der Waals surface area contributed by atoms with Crippen molar-refractivity contribution in [2.75, 3.05) is 26.3 Å². The first kappa shape index (κ1) is 24.9. The molecule has 2 aromatic carbocycles. The molecule has 180 valence electrons. The highest BCUT2D eigenvalue weighted by Crippen LogP contribution is 2.21. The van der Waals surface area contributed by atoms with Crippen molar-refractivity contribution in [1.82, 2.24) is 15.3 Å². The zero-order valence-electron chi connectivity index (χ0n) is 20.5. The maximum absolute atomic E-state index is 13.2. The highest BCUT2D eigenvalue weighted by atomic mass is 16.5. The summed E-state index contributed by atoms with van der Waals surface area (Å²) in [4.78, 5) is 13.2. The van der Waals surface area contributed by atoms with E-state index in [4.69, 9.17) is 9.47 Å². The van der Waals surface area contributed by atoms with Crippen LogP contribution in [0.2, 0.25) is 0 Å². The summed E-state index contributed by atoms with van der Waals surface area (Å²) in [6.45, 7) is 12.7. The Bertz CT molecular complexity index is 844. The Morgan fingerprint density at radius 3 is 2.15 bits per heavy atom. The summed E-state index contributed by atoms with van der Waals surface area (Å²) in [5.41, 5.74) is 2.13. The lowest BCUT2D eigenvalue weighted by Crippen LogP contribution is -2.52. The van der Waals surface area contributed by atoms with Gasteiger partial charge in [0.05, 0.1) is 19.8 Å². The summed E-state index contributed by atoms with van der Waals surface area (Å²) in [5, 5.41) is 7.16. The molecule has 1 saturated heterocycles. The van der Waals surface area contributed by atoms with Crippen LogP contribution in [0.5, 0.6) is 11.5 Å². The standard InChI is InChI=1S/C27H39N3O3/c1-5-32-25-12-8-24(9-13-25)19-30(29-16-14-22(4)15-17-29)27(31)28-18-23-6-10-26(11-7-23)33-20-21(2)3/h6-13,21-22H,5,14-20H2,1-4H3,(H,28,31). The smallest absolute Gasteiger partial charge is 0.332 e. The SMILES string of the molecule is CCOc1ccc(CN(C(=O)NCc2ccc(OCC(C)C)cc2)N2CCC(C)CC2)cc1. The van der Waals surface area contributed by atoms with Gasteiger partial charge in [-0.25, -0.2) is 9.80 Å². The molecule has 6 heteroatoms. The van der Waals surface area contributed by atoms with Gasteiger partial charge in [0, 0.05) is 19.6 Å². The van der Waals surface area contributed by atoms with Crippen LogP contribution in [0.1, 0.15) is 51.7 Å². The summed E-state index contributed by atoms with van der Waals surface area (Å²) >= 11 is 0. The minimum atomic E-state index is -0.0708. The summed E-state index contributed by atoms with van der Waals surface area (Å²) < 4.78 is 11.3. The highest BCUT2D eigenvalue weighted by Gasteiger charge is 2.25. The number of nitrogens with one attached hydrogen (secondary N) is 1. The van der Waals surface area contributed by atoms with Gasteiger partial charge in [0.2, 0.25) is 0 Å². The summed E-state index contributed by atoms with van der Waals surface area (Å²) in [6, 6.07) is 15.9. The van der Waals surface area contributed by atoms with Crippen molar-refractivity contribution in [3.8, 4) is 11.5 Å². The molecular formula is C27H39N3O3. The average Bonchev–Trinajstić information content (AvgIpc) is 2.82. The summed E-state index contributed by atoms with van der Waals surface area (Å²) in [6.07, 6.45) is 2.20. The molecule has 0 aromatic heterocycles. The maximum Gasteiger partial charge on any atom is 0.332 e. The molecule has 2 amide bonds. The number of urea groups is 1. The van der Waals surface area contributed by atoms with Crippen molar-refractivity contribution < 1.29 is 14.3 Å². The van der Waals surface area contributed by atoms with Crippen LogP contribution in [0.4, 0.5) is 4.79 Å². The Morgan fingerprint density at radius 1 is 1.00 bits per heavy atom. The monoisotopic (exact) mass is 453 g/mol. The van der Waals surface area contributed by atoms with E-state index in [-0.39, 0.29) is 6.03 Å². The molecule has 0 saturated carbocycles. The first-order valence-electron chi connectivity index (χ1n) is 12.2. The van der Waals surface area contributed by atoms with E-state index < -0.39 is 0 Å². The second-order valence-corrected chi connectivity index (χ2v) is 9.28. The molecule has 33 heavy (non-hydrogen) atoms. The lowest BCUT2D eigenvalue weighted by molar-refractivity contribution is -0.0178. The molecule has 2 aromatic rings. The van der Waals surface area contributed by atoms with E-state index in [1.807, 2.05) is 60.5 Å². The first-order valence-corrected chi connectivity index (χ1v) is 12.2. The molecule has 0 radical (unpaired) electrons. The molecule has 0 aliphatic carbocycles. The average molecular weight is 454 g/mol. The summed E-state index contributed by atoms with van der Waals surface area (Å²) in [7, 11) is 0. The Morgan fingerprint density at radius 2 is 1.58 bits per heavy atom. The van der Waals surface area contributed by atoms with Crippen molar-refractivity contribution in [2.45, 2.75) is 53.6 Å². The van der Waals surface area contributed by atoms with Crippen molar-refractivity contribution in [2.24, 2.45) is 11.8 Å². The predicted molar refractivity (Wildman–Crippen MR) is 132 cm³/mol. The zero-order chi connectivity index (χ0) is 23.6. The van der Waals surface area contributed by atoms with E-state index in [0.717, 1.165) is 48.6 Å². The number of carbonyl (C=O) groups is 1. The fourth-order valence-electron chi connectivity index (χ4n) is 3.80. The minimum Gasteiger partial charge on any atom is -0.494 e. The third-order valence-electron chi connectivity index (χ3n) is 5.85. The van der Waals surface area contributed by atoms with Gasteiger partial charge >= 0.3 is 6.03 Å². The normalized spacial score (nSPS) is 14.8. The van der Waals surface area contributed by atoms with Gasteiger partial charge in [-0.2, -0.15) is 0 Å². The van der Waals surface area contributed by atoms with Crippen molar-refractivity contribution in [1.29, 1.82) is 0 Å². The summed E-state index contributed by atoms with van der Waals surface area (Å²) in [5.74, 6) is 2.90. The zero-order valence-corrected chi connectivity index (χ0v) is 20.5. The molecule has 1 N–H and O–H groups in total. The van der Waals surface area contributed by atoms with Gasteiger partial charge in [-0.15, -0.1) is 0 Å². The molecule has 0 spiro atoms. The lowest BCUT2D eigenvalue weighted by Gasteiger charge is -2.39. The van der Waals surface area contributed by atoms with Crippen LogP contribution in [0, 0.1) is 11.8 Å². The van der Waals surface area contributed by atoms with E-state index in [1.165, 1.54) is 0 Å². The van der Waals surface area contributed by atoms with E-state index >= 15 is 0 Å². The third kappa shape index (κ3) is 7.97. The second-order valence-electron chi connectivity index (χ2n) is 9.28. The number of hydrazine groups is 1. The molecular weight excluding hydrogens is 414 g/mol. The van der Waals surface area contributed by atoms with E-state index in [2.05, 4.69) is 31.1 Å². The molecule has 0 atom stereocenters. The Labute approximate surface area is 198 Å². The molecule has 0 unspecified atom stereocenters. The molecule has 1 fully saturated rings. The van der Waals surface area contributed by atoms with Crippen LogP contribution >= 0.6 is 0 Å². The second kappa shape index (κ2) is 12.5. The van der Waals surface area contributed by atoms with E-state index in [0.29, 0.717) is 38.1 Å². The van der Waals surface area contributed by atoms with Crippen LogP contribution in [-0.4, -0.2) is 42.4 Å². The van der Waals surface area contributed by atoms with Crippen LogP contribution in [-0.2, 0) is 13.1 Å². The van der Waals surface area contributed by atoms with Crippen molar-refractivity contribution in [3.05, 3.63) is 59.7 Å². The number of nitrogens with zero attached hydrogens (tertiary/aromatic N) is 2. The van der Waals surface area contributed by atoms with Crippen molar-refractivity contribution >= 4 is 6.03 Å². The van der Waals surface area contributed by atoms with Crippen LogP contribution in [0.3, 0.4) is 0 Å². The van der Waals surface area contributed by atoms with Gasteiger partial charge < -0.3 is 14.8 Å². The lowest BCUT2D eigenvalue weighted by atomic mass is 10.0. The Hall–Kier alpha value is -2.73. The van der Waals surface area contributed by atoms with E-state index in [1.54, 1.807) is 0 Å². The number of carbonyl (C=O) groups excluding carboxylic acids is 1. The molecule has 1 aliphatic heterocycles.